The Morgan fingerprint density at radius 3 is 2.09 bits per heavy atom. The number of carbonyl (C=O) groups excluding carboxylic acids is 2. The molecule has 3 amide bonds. The number of imide groups is 3. The van der Waals surface area contributed by atoms with Crippen LogP contribution in [0.4, 0.5) is 4.79 Å². The number of nitrogens with one attached hydrogen (secondary N) is 1. The zero-order chi connectivity index (χ0) is 8.43. The standard InChI is InChI=1S/C5H6N2O4/c8-3-1-6-2-4(9)7(3)5(10)11/h6H,1-2H2,(H,10,11). The molecule has 1 fully saturated rings. The minimum absolute atomic E-state index is 0.0992. The van der Waals surface area contributed by atoms with Crippen LogP contribution in [0.25, 0.3) is 0 Å². The Kier molecular flexibility index (Phi) is 1.86. The van der Waals surface area contributed by atoms with Gasteiger partial charge in [0.25, 0.3) is 11.8 Å². The summed E-state index contributed by atoms with van der Waals surface area (Å²) in [6.07, 6.45) is -1.51. The number of piperazine rings is 1. The van der Waals surface area contributed by atoms with Gasteiger partial charge in [0.15, 0.2) is 0 Å². The number of hydrogen-bond acceptors (Lipinski definition) is 4. The molecular weight excluding hydrogens is 152 g/mol. The van der Waals surface area contributed by atoms with Crippen LogP contribution in [0.3, 0.4) is 0 Å². The second-order valence-electron chi connectivity index (χ2n) is 2.01. The van der Waals surface area contributed by atoms with Gasteiger partial charge in [-0.1, -0.05) is 0 Å². The first-order valence-corrected chi connectivity index (χ1v) is 2.92. The summed E-state index contributed by atoms with van der Waals surface area (Å²) in [5.41, 5.74) is 0. The van der Waals surface area contributed by atoms with Crippen LogP contribution in [-0.2, 0) is 9.59 Å². The summed E-state index contributed by atoms with van der Waals surface area (Å²) in [4.78, 5) is 31.9. The van der Waals surface area contributed by atoms with E-state index in [1.807, 2.05) is 0 Å². The Hall–Kier alpha value is -1.43. The molecule has 1 aliphatic rings. The lowest BCUT2D eigenvalue weighted by Crippen LogP contribution is -2.54. The van der Waals surface area contributed by atoms with Crippen molar-refractivity contribution in [1.82, 2.24) is 10.2 Å². The SMILES string of the molecule is O=C(O)N1C(=O)CNCC1=O. The minimum Gasteiger partial charge on any atom is -0.464 e. The fourth-order valence-electron chi connectivity index (χ4n) is 0.787. The molecule has 0 radical (unpaired) electrons. The summed E-state index contributed by atoms with van der Waals surface area (Å²) in [5.74, 6) is -1.46. The number of hydrogen-bond donors (Lipinski definition) is 2. The van der Waals surface area contributed by atoms with Crippen LogP contribution in [0.1, 0.15) is 0 Å². The Morgan fingerprint density at radius 2 is 1.82 bits per heavy atom. The highest BCUT2D eigenvalue weighted by Gasteiger charge is 2.30. The molecule has 0 bridgehead atoms. The van der Waals surface area contributed by atoms with Gasteiger partial charge in [-0.2, -0.15) is 4.90 Å². The molecule has 1 heterocycles. The van der Waals surface area contributed by atoms with Gasteiger partial charge in [0.05, 0.1) is 13.1 Å². The lowest BCUT2D eigenvalue weighted by atomic mass is 10.3. The van der Waals surface area contributed by atoms with Crippen molar-refractivity contribution in [3.63, 3.8) is 0 Å². The molecule has 1 aliphatic heterocycles. The molecule has 0 saturated carbocycles. The van der Waals surface area contributed by atoms with Crippen LogP contribution in [0.15, 0.2) is 0 Å². The molecule has 0 atom stereocenters. The Labute approximate surface area is 61.8 Å². The van der Waals surface area contributed by atoms with Crippen molar-refractivity contribution < 1.29 is 19.5 Å². The van der Waals surface area contributed by atoms with E-state index >= 15 is 0 Å². The van der Waals surface area contributed by atoms with Crippen molar-refractivity contribution in [3.8, 4) is 0 Å². The lowest BCUT2D eigenvalue weighted by Gasteiger charge is -2.20. The van der Waals surface area contributed by atoms with Crippen LogP contribution in [0.5, 0.6) is 0 Å². The molecule has 2 N–H and O–H groups in total. The fraction of sp³-hybridized carbons (Fsp3) is 0.400. The van der Waals surface area contributed by atoms with Crippen molar-refractivity contribution in [2.24, 2.45) is 0 Å². The summed E-state index contributed by atoms with van der Waals surface area (Å²) in [6, 6.07) is 0. The van der Waals surface area contributed by atoms with Gasteiger partial charge in [-0.15, -0.1) is 0 Å². The second kappa shape index (κ2) is 2.67. The smallest absolute Gasteiger partial charge is 0.421 e. The third-order valence-electron chi connectivity index (χ3n) is 1.24. The topological polar surface area (TPSA) is 86.7 Å². The number of rotatable bonds is 0. The highest BCUT2D eigenvalue weighted by Crippen LogP contribution is 1.95. The lowest BCUT2D eigenvalue weighted by molar-refractivity contribution is -0.143. The molecule has 0 unspecified atom stereocenters. The van der Waals surface area contributed by atoms with Crippen molar-refractivity contribution in [2.75, 3.05) is 13.1 Å². The molecule has 6 nitrogen and oxygen atoms in total. The van der Waals surface area contributed by atoms with E-state index in [-0.39, 0.29) is 18.0 Å². The normalized spacial score (nSPS) is 18.7. The third kappa shape index (κ3) is 1.35. The van der Waals surface area contributed by atoms with E-state index < -0.39 is 17.9 Å². The summed E-state index contributed by atoms with van der Waals surface area (Å²) in [6.45, 7) is -0.198. The average Bonchev–Trinajstić information content (AvgIpc) is 1.85. The predicted molar refractivity (Wildman–Crippen MR) is 32.7 cm³/mol. The minimum atomic E-state index is -1.51. The van der Waals surface area contributed by atoms with Crippen LogP contribution in [0.2, 0.25) is 0 Å². The van der Waals surface area contributed by atoms with Crippen molar-refractivity contribution in [1.29, 1.82) is 0 Å². The summed E-state index contributed by atoms with van der Waals surface area (Å²) in [5, 5.41) is 10.8. The monoisotopic (exact) mass is 158 g/mol. The molecule has 1 rings (SSSR count). The zero-order valence-corrected chi connectivity index (χ0v) is 5.53. The fourth-order valence-corrected chi connectivity index (χ4v) is 0.787. The Balaban J connectivity index is 2.79. The van der Waals surface area contributed by atoms with Gasteiger partial charge >= 0.3 is 6.09 Å². The van der Waals surface area contributed by atoms with Gasteiger partial charge in [-0.25, -0.2) is 4.79 Å². The molecule has 60 valence electrons. The maximum atomic E-state index is 10.7. The molecule has 0 spiro atoms. The summed E-state index contributed by atoms with van der Waals surface area (Å²) >= 11 is 0. The predicted octanol–water partition coefficient (Wildman–Crippen LogP) is -1.38. The van der Waals surface area contributed by atoms with Crippen molar-refractivity contribution >= 4 is 17.9 Å². The third-order valence-corrected chi connectivity index (χ3v) is 1.24. The molecule has 0 aliphatic carbocycles. The number of carboxylic acid groups (broad SMARTS) is 1. The number of amides is 3. The van der Waals surface area contributed by atoms with Crippen LogP contribution < -0.4 is 5.32 Å². The van der Waals surface area contributed by atoms with Crippen molar-refractivity contribution in [2.45, 2.75) is 0 Å². The van der Waals surface area contributed by atoms with Crippen LogP contribution in [0, 0.1) is 0 Å². The highest BCUT2D eigenvalue weighted by atomic mass is 16.4. The molecule has 0 aromatic heterocycles. The van der Waals surface area contributed by atoms with Crippen LogP contribution in [-0.4, -0.2) is 41.0 Å². The van der Waals surface area contributed by atoms with E-state index in [4.69, 9.17) is 5.11 Å². The molecule has 11 heavy (non-hydrogen) atoms. The van der Waals surface area contributed by atoms with Crippen LogP contribution >= 0.6 is 0 Å². The van der Waals surface area contributed by atoms with E-state index in [0.29, 0.717) is 0 Å². The molecular formula is C5H6N2O4. The molecule has 0 aromatic carbocycles. The van der Waals surface area contributed by atoms with E-state index in [2.05, 4.69) is 5.32 Å². The van der Waals surface area contributed by atoms with E-state index in [1.54, 1.807) is 0 Å². The largest absolute Gasteiger partial charge is 0.464 e. The number of carbonyl (C=O) groups is 3. The van der Waals surface area contributed by atoms with E-state index in [0.717, 1.165) is 0 Å². The quantitative estimate of drug-likeness (QED) is 0.424. The van der Waals surface area contributed by atoms with E-state index in [1.165, 1.54) is 0 Å². The zero-order valence-electron chi connectivity index (χ0n) is 5.53. The summed E-state index contributed by atoms with van der Waals surface area (Å²) < 4.78 is 0. The van der Waals surface area contributed by atoms with Gasteiger partial charge in [0.1, 0.15) is 0 Å². The van der Waals surface area contributed by atoms with Gasteiger partial charge in [0, 0.05) is 0 Å². The van der Waals surface area contributed by atoms with Gasteiger partial charge < -0.3 is 5.11 Å². The van der Waals surface area contributed by atoms with Gasteiger partial charge in [-0.3, -0.25) is 14.9 Å². The molecule has 1 saturated heterocycles. The average molecular weight is 158 g/mol. The summed E-state index contributed by atoms with van der Waals surface area (Å²) in [7, 11) is 0. The first kappa shape index (κ1) is 7.67. The highest BCUT2D eigenvalue weighted by molar-refractivity contribution is 6.10. The first-order chi connectivity index (χ1) is 5.13. The van der Waals surface area contributed by atoms with Gasteiger partial charge in [0.2, 0.25) is 0 Å². The Bertz CT molecular complexity index is 209. The first-order valence-electron chi connectivity index (χ1n) is 2.92. The molecule has 6 heteroatoms. The number of nitrogens with zero attached hydrogens (tertiary/aromatic N) is 1. The van der Waals surface area contributed by atoms with E-state index in [9.17, 15) is 14.4 Å². The Morgan fingerprint density at radius 1 is 1.36 bits per heavy atom. The second-order valence-corrected chi connectivity index (χ2v) is 2.01. The molecule has 0 aromatic rings. The van der Waals surface area contributed by atoms with Crippen molar-refractivity contribution in [3.05, 3.63) is 0 Å². The van der Waals surface area contributed by atoms with Gasteiger partial charge in [-0.05, 0) is 0 Å². The maximum absolute atomic E-state index is 10.7. The maximum Gasteiger partial charge on any atom is 0.421 e.